The molecule has 1 aromatic carbocycles. The van der Waals surface area contributed by atoms with Gasteiger partial charge in [0.25, 0.3) is 0 Å². The maximum atomic E-state index is 12.2. The van der Waals surface area contributed by atoms with Gasteiger partial charge in [-0.3, -0.25) is 4.79 Å². The van der Waals surface area contributed by atoms with E-state index in [-0.39, 0.29) is 11.9 Å². The van der Waals surface area contributed by atoms with Crippen LogP contribution in [-0.2, 0) is 11.2 Å². The minimum atomic E-state index is -0.296. The molecule has 3 N–H and O–H groups in total. The lowest BCUT2D eigenvalue weighted by Gasteiger charge is -2.16. The summed E-state index contributed by atoms with van der Waals surface area (Å²) in [6.45, 7) is 3.87. The van der Waals surface area contributed by atoms with E-state index in [0.29, 0.717) is 5.69 Å². The van der Waals surface area contributed by atoms with Crippen molar-refractivity contribution < 1.29 is 4.79 Å². The predicted octanol–water partition coefficient (Wildman–Crippen LogP) is 2.23. The Labute approximate surface area is 112 Å². The second-order valence-electron chi connectivity index (χ2n) is 4.39. The van der Waals surface area contributed by atoms with Crippen LogP contribution in [0, 0.1) is 0 Å². The maximum absolute atomic E-state index is 12.2. The van der Waals surface area contributed by atoms with Crippen LogP contribution in [0.15, 0.2) is 36.7 Å². The van der Waals surface area contributed by atoms with Gasteiger partial charge in [0.05, 0.1) is 0 Å². The molecule has 0 saturated carbocycles. The molecule has 0 aliphatic carbocycles. The lowest BCUT2D eigenvalue weighted by molar-refractivity contribution is -0.118. The van der Waals surface area contributed by atoms with Gasteiger partial charge in [-0.1, -0.05) is 6.92 Å². The molecule has 5 heteroatoms. The van der Waals surface area contributed by atoms with Gasteiger partial charge in [0.2, 0.25) is 5.91 Å². The number of nitrogens with one attached hydrogen (secondary N) is 1. The second-order valence-corrected chi connectivity index (χ2v) is 4.39. The first-order chi connectivity index (χ1) is 9.11. The number of imidazole rings is 1. The van der Waals surface area contributed by atoms with Crippen LogP contribution in [-0.4, -0.2) is 15.5 Å². The topological polar surface area (TPSA) is 72.9 Å². The molecule has 5 nitrogen and oxygen atoms in total. The highest BCUT2D eigenvalue weighted by Crippen LogP contribution is 2.15. The van der Waals surface area contributed by atoms with Gasteiger partial charge in [-0.25, -0.2) is 4.98 Å². The molecule has 1 atom stereocenters. The van der Waals surface area contributed by atoms with Gasteiger partial charge >= 0.3 is 0 Å². The standard InChI is InChI=1S/C14H18N4O/c1-3-13-16-8-9-18(13)10(2)14(19)17-12-6-4-11(15)5-7-12/h4-10H,3,15H2,1-2H3,(H,17,19). The van der Waals surface area contributed by atoms with Crippen LogP contribution >= 0.6 is 0 Å². The van der Waals surface area contributed by atoms with Gasteiger partial charge in [0.1, 0.15) is 11.9 Å². The molecule has 2 aromatic rings. The smallest absolute Gasteiger partial charge is 0.247 e. The summed E-state index contributed by atoms with van der Waals surface area (Å²) >= 11 is 0. The molecule has 0 aliphatic heterocycles. The summed E-state index contributed by atoms with van der Waals surface area (Å²) < 4.78 is 1.88. The van der Waals surface area contributed by atoms with Crippen LogP contribution in [0.3, 0.4) is 0 Å². The summed E-state index contributed by atoms with van der Waals surface area (Å²) in [7, 11) is 0. The zero-order valence-electron chi connectivity index (χ0n) is 11.1. The summed E-state index contributed by atoms with van der Waals surface area (Å²) in [5.41, 5.74) is 7.02. The number of nitrogens with zero attached hydrogens (tertiary/aromatic N) is 2. The van der Waals surface area contributed by atoms with Crippen LogP contribution in [0.2, 0.25) is 0 Å². The Kier molecular flexibility index (Phi) is 3.85. The number of hydrogen-bond donors (Lipinski definition) is 2. The van der Waals surface area contributed by atoms with E-state index < -0.39 is 0 Å². The Bertz CT molecular complexity index is 559. The molecule has 0 fully saturated rings. The lowest BCUT2D eigenvalue weighted by atomic mass is 10.2. The number of nitrogens with two attached hydrogens (primary N) is 1. The average molecular weight is 258 g/mol. The first-order valence-corrected chi connectivity index (χ1v) is 6.30. The fourth-order valence-electron chi connectivity index (χ4n) is 1.91. The van der Waals surface area contributed by atoms with Gasteiger partial charge in [0.15, 0.2) is 0 Å². The van der Waals surface area contributed by atoms with Crippen molar-refractivity contribution in [2.45, 2.75) is 26.3 Å². The third kappa shape index (κ3) is 2.93. The summed E-state index contributed by atoms with van der Waals surface area (Å²) in [6.07, 6.45) is 4.34. The van der Waals surface area contributed by atoms with Crippen LogP contribution in [0.5, 0.6) is 0 Å². The number of rotatable bonds is 4. The molecule has 19 heavy (non-hydrogen) atoms. The van der Waals surface area contributed by atoms with Gasteiger partial charge in [0, 0.05) is 30.2 Å². The summed E-state index contributed by atoms with van der Waals surface area (Å²) in [4.78, 5) is 16.4. The summed E-state index contributed by atoms with van der Waals surface area (Å²) in [5.74, 6) is 0.831. The van der Waals surface area contributed by atoms with Gasteiger partial charge < -0.3 is 15.6 Å². The Morgan fingerprint density at radius 2 is 2.11 bits per heavy atom. The van der Waals surface area contributed by atoms with Crippen LogP contribution < -0.4 is 11.1 Å². The van der Waals surface area contributed by atoms with Crippen molar-refractivity contribution in [1.82, 2.24) is 9.55 Å². The Hall–Kier alpha value is -2.30. The monoisotopic (exact) mass is 258 g/mol. The van der Waals surface area contributed by atoms with E-state index in [1.165, 1.54) is 0 Å². The number of carbonyl (C=O) groups is 1. The van der Waals surface area contributed by atoms with E-state index in [0.717, 1.165) is 17.9 Å². The van der Waals surface area contributed by atoms with E-state index in [9.17, 15) is 4.79 Å². The fourth-order valence-corrected chi connectivity index (χ4v) is 1.91. The molecule has 1 unspecified atom stereocenters. The summed E-state index contributed by atoms with van der Waals surface area (Å²) in [6, 6.07) is 6.79. The van der Waals surface area contributed by atoms with E-state index in [2.05, 4.69) is 10.3 Å². The van der Waals surface area contributed by atoms with Crippen molar-refractivity contribution in [2.24, 2.45) is 0 Å². The molecule has 2 rings (SSSR count). The normalized spacial score (nSPS) is 12.1. The van der Waals surface area contributed by atoms with E-state index in [1.54, 1.807) is 30.5 Å². The van der Waals surface area contributed by atoms with Crippen molar-refractivity contribution in [2.75, 3.05) is 11.1 Å². The second kappa shape index (κ2) is 5.56. The highest BCUT2D eigenvalue weighted by molar-refractivity contribution is 5.93. The number of amides is 1. The van der Waals surface area contributed by atoms with Crippen molar-refractivity contribution in [3.8, 4) is 0 Å². The first-order valence-electron chi connectivity index (χ1n) is 6.30. The Morgan fingerprint density at radius 3 is 2.74 bits per heavy atom. The van der Waals surface area contributed by atoms with E-state index in [1.807, 2.05) is 24.6 Å². The molecule has 0 aliphatic rings. The number of aromatic nitrogens is 2. The van der Waals surface area contributed by atoms with Gasteiger partial charge in [-0.2, -0.15) is 0 Å². The highest BCUT2D eigenvalue weighted by atomic mass is 16.2. The molecular weight excluding hydrogens is 240 g/mol. The molecule has 100 valence electrons. The third-order valence-corrected chi connectivity index (χ3v) is 3.04. The molecule has 0 bridgehead atoms. The Morgan fingerprint density at radius 1 is 1.42 bits per heavy atom. The zero-order chi connectivity index (χ0) is 13.8. The number of nitrogen functional groups attached to an aromatic ring is 1. The van der Waals surface area contributed by atoms with Crippen LogP contribution in [0.4, 0.5) is 11.4 Å². The fraction of sp³-hybridized carbons (Fsp3) is 0.286. The zero-order valence-corrected chi connectivity index (χ0v) is 11.1. The van der Waals surface area contributed by atoms with Crippen molar-refractivity contribution in [3.63, 3.8) is 0 Å². The van der Waals surface area contributed by atoms with E-state index in [4.69, 9.17) is 5.73 Å². The number of carbonyl (C=O) groups excluding carboxylic acids is 1. The molecule has 1 aromatic heterocycles. The van der Waals surface area contributed by atoms with Crippen molar-refractivity contribution in [3.05, 3.63) is 42.5 Å². The number of aryl methyl sites for hydroxylation is 1. The molecule has 1 amide bonds. The SMILES string of the molecule is CCc1nccn1C(C)C(=O)Nc1ccc(N)cc1. The van der Waals surface area contributed by atoms with Crippen molar-refractivity contribution in [1.29, 1.82) is 0 Å². The first kappa shape index (κ1) is 13.1. The number of benzene rings is 1. The molecule has 0 saturated heterocycles. The largest absolute Gasteiger partial charge is 0.399 e. The Balaban J connectivity index is 2.09. The summed E-state index contributed by atoms with van der Waals surface area (Å²) in [5, 5.41) is 2.87. The van der Waals surface area contributed by atoms with Crippen LogP contribution in [0.25, 0.3) is 0 Å². The van der Waals surface area contributed by atoms with Crippen LogP contribution in [0.1, 0.15) is 25.7 Å². The third-order valence-electron chi connectivity index (χ3n) is 3.04. The van der Waals surface area contributed by atoms with Crippen molar-refractivity contribution >= 4 is 17.3 Å². The molecular formula is C14H18N4O. The minimum absolute atomic E-state index is 0.0718. The quantitative estimate of drug-likeness (QED) is 0.826. The van der Waals surface area contributed by atoms with Gasteiger partial charge in [-0.05, 0) is 31.2 Å². The predicted molar refractivity (Wildman–Crippen MR) is 75.8 cm³/mol. The minimum Gasteiger partial charge on any atom is -0.399 e. The highest BCUT2D eigenvalue weighted by Gasteiger charge is 2.17. The molecule has 0 radical (unpaired) electrons. The molecule has 1 heterocycles. The number of anilines is 2. The number of hydrogen-bond acceptors (Lipinski definition) is 3. The average Bonchev–Trinajstić information content (AvgIpc) is 2.88. The maximum Gasteiger partial charge on any atom is 0.247 e. The van der Waals surface area contributed by atoms with Gasteiger partial charge in [-0.15, -0.1) is 0 Å². The molecule has 0 spiro atoms. The lowest BCUT2D eigenvalue weighted by Crippen LogP contribution is -2.24. The van der Waals surface area contributed by atoms with E-state index >= 15 is 0 Å².